The number of fused-ring (bicyclic) bond motifs is 5. The van der Waals surface area contributed by atoms with Crippen molar-refractivity contribution >= 4 is 0 Å². The molecule has 5 aliphatic rings. The van der Waals surface area contributed by atoms with Gasteiger partial charge in [-0.15, -0.1) is 0 Å². The van der Waals surface area contributed by atoms with Crippen molar-refractivity contribution in [1.82, 2.24) is 0 Å². The van der Waals surface area contributed by atoms with E-state index in [1.54, 1.807) is 6.42 Å². The Balaban J connectivity index is 1.33. The van der Waals surface area contributed by atoms with Gasteiger partial charge in [0.2, 0.25) is 0 Å². The Morgan fingerprint density at radius 3 is 2.19 bits per heavy atom. The molecule has 0 saturated heterocycles. The van der Waals surface area contributed by atoms with Gasteiger partial charge in [-0.25, -0.2) is 0 Å². The average molecular weight is 443 g/mol. The Bertz CT molecular complexity index is 701. The second kappa shape index (κ2) is 7.99. The van der Waals surface area contributed by atoms with Crippen LogP contribution in [-0.4, -0.2) is 11.7 Å². The number of aliphatic hydroxyl groups is 1. The van der Waals surface area contributed by atoms with Gasteiger partial charge in [-0.1, -0.05) is 61.3 Å². The van der Waals surface area contributed by atoms with Crippen molar-refractivity contribution in [3.05, 3.63) is 0 Å². The fourth-order valence-corrected chi connectivity index (χ4v) is 11.5. The van der Waals surface area contributed by atoms with E-state index in [1.807, 2.05) is 0 Å². The zero-order valence-corrected chi connectivity index (χ0v) is 22.5. The van der Waals surface area contributed by atoms with Crippen LogP contribution in [0.2, 0.25) is 0 Å². The van der Waals surface area contributed by atoms with Crippen molar-refractivity contribution < 1.29 is 5.11 Å². The highest BCUT2D eigenvalue weighted by Gasteiger charge is 2.64. The predicted octanol–water partition coefficient (Wildman–Crippen LogP) is 8.21. The first-order valence-electron chi connectivity index (χ1n) is 14.7. The van der Waals surface area contributed by atoms with Crippen LogP contribution < -0.4 is 0 Å². The maximum atomic E-state index is 9.76. The summed E-state index contributed by atoms with van der Waals surface area (Å²) in [4.78, 5) is 0. The molecule has 0 heterocycles. The van der Waals surface area contributed by atoms with Gasteiger partial charge in [0, 0.05) is 6.61 Å². The summed E-state index contributed by atoms with van der Waals surface area (Å²) >= 11 is 0. The maximum absolute atomic E-state index is 9.76. The van der Waals surface area contributed by atoms with E-state index in [0.29, 0.717) is 34.7 Å². The first-order valence-corrected chi connectivity index (χ1v) is 14.7. The summed E-state index contributed by atoms with van der Waals surface area (Å²) in [5.74, 6) is 8.80. The zero-order valence-electron chi connectivity index (χ0n) is 22.5. The fourth-order valence-electron chi connectivity index (χ4n) is 11.5. The van der Waals surface area contributed by atoms with Crippen LogP contribution in [0.5, 0.6) is 0 Å². The predicted molar refractivity (Wildman–Crippen MR) is 135 cm³/mol. The normalized spacial score (nSPS) is 55.3. The molecule has 5 rings (SSSR count). The molecule has 32 heavy (non-hydrogen) atoms. The van der Waals surface area contributed by atoms with E-state index in [4.69, 9.17) is 0 Å². The Kier molecular flexibility index (Phi) is 5.92. The highest BCUT2D eigenvalue weighted by Crippen LogP contribution is 2.72. The van der Waals surface area contributed by atoms with Gasteiger partial charge in [0.15, 0.2) is 0 Å². The van der Waals surface area contributed by atoms with Gasteiger partial charge in [0.05, 0.1) is 0 Å². The van der Waals surface area contributed by atoms with E-state index in [1.165, 1.54) is 57.8 Å². The second-order valence-electron chi connectivity index (χ2n) is 14.8. The molecular weight excluding hydrogens is 388 g/mol. The number of aliphatic hydroxyl groups excluding tert-OH is 1. The van der Waals surface area contributed by atoms with E-state index in [0.717, 1.165) is 47.3 Å². The van der Waals surface area contributed by atoms with E-state index < -0.39 is 0 Å². The molecule has 0 aromatic heterocycles. The third kappa shape index (κ3) is 3.25. The van der Waals surface area contributed by atoms with Gasteiger partial charge in [0.25, 0.3) is 0 Å². The van der Waals surface area contributed by atoms with Gasteiger partial charge in [-0.2, -0.15) is 0 Å². The van der Waals surface area contributed by atoms with Gasteiger partial charge in [-0.05, 0) is 127 Å². The minimum Gasteiger partial charge on any atom is -0.396 e. The first kappa shape index (κ1) is 23.7. The molecular formula is C31H54O. The van der Waals surface area contributed by atoms with E-state index in [9.17, 15) is 5.11 Å². The lowest BCUT2D eigenvalue weighted by molar-refractivity contribution is -0.128. The van der Waals surface area contributed by atoms with Crippen molar-refractivity contribution in [2.75, 3.05) is 6.61 Å². The zero-order chi connectivity index (χ0) is 23.1. The second-order valence-corrected chi connectivity index (χ2v) is 14.8. The highest BCUT2D eigenvalue weighted by molar-refractivity contribution is 5.13. The molecule has 0 aromatic carbocycles. The molecule has 184 valence electrons. The molecule has 0 amide bonds. The first-order chi connectivity index (χ1) is 15.1. The molecule has 0 aromatic rings. The number of rotatable bonds is 5. The Labute approximate surface area is 199 Å². The van der Waals surface area contributed by atoms with Crippen LogP contribution in [-0.2, 0) is 0 Å². The average Bonchev–Trinajstić information content (AvgIpc) is 3.33. The molecule has 5 saturated carbocycles. The van der Waals surface area contributed by atoms with Crippen LogP contribution in [0.1, 0.15) is 113 Å². The molecule has 2 unspecified atom stereocenters. The summed E-state index contributed by atoms with van der Waals surface area (Å²) in [6.07, 6.45) is 15.0. The molecule has 5 aliphatic carbocycles. The monoisotopic (exact) mass is 442 g/mol. The number of hydrogen-bond acceptors (Lipinski definition) is 1. The van der Waals surface area contributed by atoms with Crippen molar-refractivity contribution in [3.63, 3.8) is 0 Å². The van der Waals surface area contributed by atoms with E-state index >= 15 is 0 Å². The van der Waals surface area contributed by atoms with Gasteiger partial charge < -0.3 is 5.11 Å². The van der Waals surface area contributed by atoms with E-state index in [-0.39, 0.29) is 0 Å². The van der Waals surface area contributed by atoms with Gasteiger partial charge in [-0.3, -0.25) is 0 Å². The summed E-state index contributed by atoms with van der Waals surface area (Å²) in [6, 6.07) is 0. The van der Waals surface area contributed by atoms with Crippen LogP contribution >= 0.6 is 0 Å². The third-order valence-corrected chi connectivity index (χ3v) is 13.9. The minimum atomic E-state index is 0.350. The SMILES string of the molecule is CC(CO)[C@@H](C)[C@@]1(C)C[C@@H]1[C@@H](C)[C@H]1CC[C@H]2[C@@H]3CCC4[C@H](C)CCC[C@]4(C)[C@H]3CC[C@]12C. The lowest BCUT2D eigenvalue weighted by atomic mass is 9.43. The molecule has 13 atom stereocenters. The Hall–Kier alpha value is -0.0400. The lowest BCUT2D eigenvalue weighted by Crippen LogP contribution is -2.54. The Morgan fingerprint density at radius 1 is 0.781 bits per heavy atom. The molecule has 5 fully saturated rings. The summed E-state index contributed by atoms with van der Waals surface area (Å²) < 4.78 is 0. The van der Waals surface area contributed by atoms with Gasteiger partial charge in [0.1, 0.15) is 0 Å². The van der Waals surface area contributed by atoms with Crippen molar-refractivity contribution in [3.8, 4) is 0 Å². The molecule has 0 spiro atoms. The minimum absolute atomic E-state index is 0.350. The smallest absolute Gasteiger partial charge is 0.0459 e. The topological polar surface area (TPSA) is 20.2 Å². The largest absolute Gasteiger partial charge is 0.396 e. The molecule has 0 radical (unpaired) electrons. The van der Waals surface area contributed by atoms with Gasteiger partial charge >= 0.3 is 0 Å². The quantitative estimate of drug-likeness (QED) is 0.455. The summed E-state index contributed by atoms with van der Waals surface area (Å²) in [5.41, 5.74) is 1.72. The van der Waals surface area contributed by atoms with E-state index in [2.05, 4.69) is 48.5 Å². The van der Waals surface area contributed by atoms with Crippen LogP contribution in [0.4, 0.5) is 0 Å². The van der Waals surface area contributed by atoms with Crippen LogP contribution in [0, 0.1) is 75.4 Å². The standard InChI is InChI=1S/C31H54O/c1-19-9-8-15-29(5)24(19)11-10-23-26-13-12-25(30(26,6)16-14-27(23)29)21(3)28-17-31(28,7)22(4)20(2)18-32/h19-28,32H,8-18H2,1-7H3/t19-,20?,21+,22-,23+,24?,25-,26+,27+,28-,29+,30-,31-/m1/s1. The van der Waals surface area contributed by atoms with Crippen molar-refractivity contribution in [2.45, 2.75) is 113 Å². The van der Waals surface area contributed by atoms with Crippen molar-refractivity contribution in [1.29, 1.82) is 0 Å². The molecule has 1 N–H and O–H groups in total. The molecule has 1 nitrogen and oxygen atoms in total. The number of hydrogen-bond donors (Lipinski definition) is 1. The van der Waals surface area contributed by atoms with Crippen LogP contribution in [0.25, 0.3) is 0 Å². The molecule has 1 heteroatoms. The summed E-state index contributed by atoms with van der Waals surface area (Å²) in [7, 11) is 0. The van der Waals surface area contributed by atoms with Crippen molar-refractivity contribution in [2.24, 2.45) is 75.4 Å². The summed E-state index contributed by atoms with van der Waals surface area (Å²) in [6.45, 7) is 18.3. The molecule has 0 bridgehead atoms. The van der Waals surface area contributed by atoms with Crippen LogP contribution in [0.15, 0.2) is 0 Å². The molecule has 0 aliphatic heterocycles. The van der Waals surface area contributed by atoms with Crippen LogP contribution in [0.3, 0.4) is 0 Å². The highest BCUT2D eigenvalue weighted by atomic mass is 16.3. The fraction of sp³-hybridized carbons (Fsp3) is 1.00. The summed E-state index contributed by atoms with van der Waals surface area (Å²) in [5, 5.41) is 9.76. The maximum Gasteiger partial charge on any atom is 0.0459 e. The Morgan fingerprint density at radius 2 is 1.47 bits per heavy atom. The lowest BCUT2D eigenvalue weighted by Gasteiger charge is -2.62. The third-order valence-electron chi connectivity index (χ3n) is 13.9.